The van der Waals surface area contributed by atoms with Crippen molar-refractivity contribution < 1.29 is 30.4 Å². The van der Waals surface area contributed by atoms with Crippen LogP contribution in [0.15, 0.2) is 41.6 Å². The first-order valence-corrected chi connectivity index (χ1v) is 11.0. The minimum Gasteiger partial charge on any atom is -0.388 e. The average Bonchev–Trinajstić information content (AvgIpc) is 3.26. The van der Waals surface area contributed by atoms with E-state index in [9.17, 15) is 30.4 Å². The first kappa shape index (κ1) is 24.4. The van der Waals surface area contributed by atoms with Gasteiger partial charge in [0, 0.05) is 19.3 Å². The maximum absolute atomic E-state index is 14.1. The SMILES string of the molecule is CC(F)(F)S(=O)(=O)c1c(C(N)=S)nn(-c2c(Cl)cc(C(F)(F)F)cc2Cl)c1-n1cccc1. The molecule has 0 spiro atoms. The second kappa shape index (κ2) is 7.97. The van der Waals surface area contributed by atoms with Crippen molar-refractivity contribution in [1.29, 1.82) is 0 Å². The Morgan fingerprint density at radius 3 is 2.00 bits per heavy atom. The van der Waals surface area contributed by atoms with Crippen molar-refractivity contribution in [2.45, 2.75) is 23.3 Å². The van der Waals surface area contributed by atoms with Gasteiger partial charge in [0.2, 0.25) is 9.84 Å². The van der Waals surface area contributed by atoms with Crippen LogP contribution in [0.1, 0.15) is 18.2 Å². The van der Waals surface area contributed by atoms with E-state index in [0.29, 0.717) is 16.8 Å². The maximum atomic E-state index is 14.1. The fraction of sp³-hybridized carbons (Fsp3) is 0.176. The van der Waals surface area contributed by atoms with Gasteiger partial charge in [0.1, 0.15) is 21.3 Å². The Kier molecular flexibility index (Phi) is 6.09. The van der Waals surface area contributed by atoms with Crippen LogP contribution >= 0.6 is 35.4 Å². The molecule has 15 heteroatoms. The van der Waals surface area contributed by atoms with Gasteiger partial charge in [0.05, 0.1) is 15.6 Å². The Morgan fingerprint density at radius 2 is 1.59 bits per heavy atom. The molecular formula is C17H11Cl2F5N4O2S2. The predicted octanol–water partition coefficient (Wildman–Crippen LogP) is 5.01. The molecule has 0 radical (unpaired) electrons. The Morgan fingerprint density at radius 1 is 1.09 bits per heavy atom. The highest BCUT2D eigenvalue weighted by atomic mass is 35.5. The monoisotopic (exact) mass is 532 g/mol. The Labute approximate surface area is 193 Å². The van der Waals surface area contributed by atoms with Gasteiger partial charge in [-0.2, -0.15) is 27.1 Å². The minimum atomic E-state index is -5.42. The molecule has 0 fully saturated rings. The highest BCUT2D eigenvalue weighted by molar-refractivity contribution is 7.92. The van der Waals surface area contributed by atoms with E-state index in [1.807, 2.05) is 0 Å². The smallest absolute Gasteiger partial charge is 0.388 e. The van der Waals surface area contributed by atoms with Crippen molar-refractivity contribution in [3.8, 4) is 11.5 Å². The van der Waals surface area contributed by atoms with Crippen LogP contribution < -0.4 is 5.73 Å². The summed E-state index contributed by atoms with van der Waals surface area (Å²) in [6, 6.07) is 3.95. The van der Waals surface area contributed by atoms with Crippen LogP contribution in [0.25, 0.3) is 11.5 Å². The fourth-order valence-corrected chi connectivity index (χ4v) is 4.82. The second-order valence-electron chi connectivity index (χ2n) is 6.47. The first-order valence-electron chi connectivity index (χ1n) is 8.32. The lowest BCUT2D eigenvalue weighted by Gasteiger charge is -2.17. The molecule has 3 aromatic rings. The molecule has 1 aromatic carbocycles. The molecule has 172 valence electrons. The van der Waals surface area contributed by atoms with Crippen molar-refractivity contribution in [2.75, 3.05) is 0 Å². The lowest BCUT2D eigenvalue weighted by Crippen LogP contribution is -2.28. The molecule has 0 aliphatic heterocycles. The molecule has 0 saturated carbocycles. The van der Waals surface area contributed by atoms with Crippen molar-refractivity contribution in [1.82, 2.24) is 14.3 Å². The van der Waals surface area contributed by atoms with E-state index in [0.717, 1.165) is 4.57 Å². The quantitative estimate of drug-likeness (QED) is 0.369. The van der Waals surface area contributed by atoms with Crippen LogP contribution in [-0.2, 0) is 16.0 Å². The third-order valence-electron chi connectivity index (χ3n) is 4.20. The van der Waals surface area contributed by atoms with Gasteiger partial charge in [0.15, 0.2) is 5.82 Å². The van der Waals surface area contributed by atoms with Crippen LogP contribution in [0.4, 0.5) is 22.0 Å². The summed E-state index contributed by atoms with van der Waals surface area (Å²) in [5, 5.41) is -1.55. The van der Waals surface area contributed by atoms with Crippen LogP contribution in [0, 0.1) is 0 Å². The van der Waals surface area contributed by atoms with Gasteiger partial charge in [-0.15, -0.1) is 0 Å². The molecule has 0 aliphatic carbocycles. The molecule has 0 amide bonds. The summed E-state index contributed by atoms with van der Waals surface area (Å²) in [4.78, 5) is -1.69. The van der Waals surface area contributed by atoms with Crippen molar-refractivity contribution >= 4 is 50.2 Å². The molecule has 0 unspecified atom stereocenters. The highest BCUT2D eigenvalue weighted by Crippen LogP contribution is 2.41. The molecular weight excluding hydrogens is 522 g/mol. The van der Waals surface area contributed by atoms with Crippen molar-refractivity contribution in [3.05, 3.63) is 58.0 Å². The number of thiocarbonyl (C=S) groups is 1. The summed E-state index contributed by atoms with van der Waals surface area (Å²) in [7, 11) is -5.42. The average molecular weight is 533 g/mol. The van der Waals surface area contributed by atoms with Crippen molar-refractivity contribution in [2.24, 2.45) is 5.73 Å². The van der Waals surface area contributed by atoms with Crippen LogP contribution in [0.5, 0.6) is 0 Å². The number of alkyl halides is 5. The molecule has 6 nitrogen and oxygen atoms in total. The van der Waals surface area contributed by atoms with Crippen LogP contribution in [0.3, 0.4) is 0 Å². The molecule has 32 heavy (non-hydrogen) atoms. The summed E-state index contributed by atoms with van der Waals surface area (Å²) < 4.78 is 94.8. The molecule has 3 rings (SSSR count). The largest absolute Gasteiger partial charge is 0.416 e. The Hall–Kier alpha value is -2.22. The van der Waals surface area contributed by atoms with E-state index in [1.54, 1.807) is 0 Å². The summed E-state index contributed by atoms with van der Waals surface area (Å²) in [6.07, 6.45) is -2.22. The van der Waals surface area contributed by atoms with Gasteiger partial charge in [-0.05, 0) is 24.3 Å². The molecule has 0 saturated heterocycles. The van der Waals surface area contributed by atoms with Gasteiger partial charge >= 0.3 is 11.4 Å². The predicted molar refractivity (Wildman–Crippen MR) is 112 cm³/mol. The number of hydrogen-bond acceptors (Lipinski definition) is 4. The molecule has 2 heterocycles. The van der Waals surface area contributed by atoms with E-state index >= 15 is 0 Å². The zero-order valence-corrected chi connectivity index (χ0v) is 18.8. The van der Waals surface area contributed by atoms with E-state index in [2.05, 4.69) is 5.10 Å². The fourth-order valence-electron chi connectivity index (χ4n) is 2.77. The van der Waals surface area contributed by atoms with E-state index < -0.39 is 64.0 Å². The molecule has 2 aromatic heterocycles. The zero-order chi connectivity index (χ0) is 24.2. The molecule has 0 atom stereocenters. The number of hydrogen-bond donors (Lipinski definition) is 1. The second-order valence-corrected chi connectivity index (χ2v) is 9.85. The third-order valence-corrected chi connectivity index (χ3v) is 6.82. The van der Waals surface area contributed by atoms with Crippen LogP contribution in [0.2, 0.25) is 10.0 Å². The summed E-state index contributed by atoms with van der Waals surface area (Å²) in [5.41, 5.74) is 3.25. The number of rotatable bonds is 5. The minimum absolute atomic E-state index is 0.153. The lowest BCUT2D eigenvalue weighted by molar-refractivity contribution is -0.137. The number of nitrogens with zero attached hydrogens (tertiary/aromatic N) is 3. The van der Waals surface area contributed by atoms with E-state index in [-0.39, 0.29) is 6.92 Å². The number of aromatic nitrogens is 3. The molecule has 0 bridgehead atoms. The third kappa shape index (κ3) is 4.09. The van der Waals surface area contributed by atoms with Gasteiger partial charge in [-0.3, -0.25) is 0 Å². The van der Waals surface area contributed by atoms with Crippen LogP contribution in [-0.4, -0.2) is 33.0 Å². The summed E-state index contributed by atoms with van der Waals surface area (Å²) in [5.74, 6) is -0.525. The van der Waals surface area contributed by atoms with Gasteiger partial charge in [-0.25, -0.2) is 13.1 Å². The summed E-state index contributed by atoms with van der Waals surface area (Å²) in [6.45, 7) is 0.153. The Balaban J connectivity index is 2.50. The van der Waals surface area contributed by atoms with Gasteiger partial charge < -0.3 is 10.3 Å². The number of benzene rings is 1. The normalized spacial score (nSPS) is 12.9. The Bertz CT molecular complexity index is 1290. The highest BCUT2D eigenvalue weighted by Gasteiger charge is 2.47. The first-order chi connectivity index (χ1) is 14.6. The van der Waals surface area contributed by atoms with E-state index in [1.165, 1.54) is 24.5 Å². The van der Waals surface area contributed by atoms with Gasteiger partial charge in [0.25, 0.3) is 0 Å². The topological polar surface area (TPSA) is 82.9 Å². The van der Waals surface area contributed by atoms with Gasteiger partial charge in [-0.1, -0.05) is 35.4 Å². The standard InChI is InChI=1S/C17H11Cl2F5N4O2S2/c1-16(20,21)32(29,30)13-11(14(25)31)26-28(15(13)27-4-2-3-5-27)12-9(18)6-8(7-10(12)19)17(22,23)24/h2-7H,1H3,(H2,25,31). The number of halogens is 7. The molecule has 0 aliphatic rings. The number of nitrogens with two attached hydrogens (primary N) is 1. The zero-order valence-electron chi connectivity index (χ0n) is 15.7. The number of sulfone groups is 1. The maximum Gasteiger partial charge on any atom is 0.416 e. The van der Waals surface area contributed by atoms with E-state index in [4.69, 9.17) is 41.2 Å². The lowest BCUT2D eigenvalue weighted by atomic mass is 10.2. The summed E-state index contributed by atoms with van der Waals surface area (Å²) >= 11 is 16.9. The van der Waals surface area contributed by atoms with Crippen molar-refractivity contribution in [3.63, 3.8) is 0 Å². The molecule has 2 N–H and O–H groups in total.